The maximum absolute atomic E-state index is 12.4. The molecule has 1 aliphatic carbocycles. The molecule has 1 saturated heterocycles. The molecule has 1 aliphatic heterocycles. The topological polar surface area (TPSA) is 84.7 Å². The predicted molar refractivity (Wildman–Crippen MR) is 75.0 cm³/mol. The van der Waals surface area contributed by atoms with E-state index in [1.807, 2.05) is 0 Å². The van der Waals surface area contributed by atoms with Gasteiger partial charge in [0.15, 0.2) is 0 Å². The third-order valence-corrected chi connectivity index (χ3v) is 3.82. The first-order valence-electron chi connectivity index (χ1n) is 7.57. The van der Waals surface area contributed by atoms with E-state index in [2.05, 4.69) is 12.2 Å². The van der Waals surface area contributed by atoms with Gasteiger partial charge in [0.05, 0.1) is 19.3 Å². The van der Waals surface area contributed by atoms with E-state index in [4.69, 9.17) is 10.5 Å². The maximum atomic E-state index is 12.4. The molecule has 0 aromatic heterocycles. The number of morpholine rings is 1. The third-order valence-electron chi connectivity index (χ3n) is 3.82. The minimum absolute atomic E-state index is 0.108. The number of nitrogens with two attached hydrogens (primary N) is 1. The number of nitrogens with zero attached hydrogens (tertiary/aromatic N) is 1. The summed E-state index contributed by atoms with van der Waals surface area (Å²) >= 11 is 0. The molecule has 0 aromatic rings. The molecule has 0 aromatic carbocycles. The van der Waals surface area contributed by atoms with E-state index in [-0.39, 0.29) is 24.5 Å². The first-order valence-corrected chi connectivity index (χ1v) is 7.57. The van der Waals surface area contributed by atoms with Gasteiger partial charge in [-0.25, -0.2) is 0 Å². The molecule has 114 valence electrons. The zero-order valence-electron chi connectivity index (χ0n) is 12.1. The SMILES string of the molecule is CCCCC(N)C(=O)N1CCOCC1C(=O)NC1CC1. The van der Waals surface area contributed by atoms with Gasteiger partial charge < -0.3 is 20.7 Å². The fraction of sp³-hybridized carbons (Fsp3) is 0.857. The van der Waals surface area contributed by atoms with Crippen LogP contribution in [-0.4, -0.2) is 54.6 Å². The van der Waals surface area contributed by atoms with Crippen LogP contribution in [0.25, 0.3) is 0 Å². The largest absolute Gasteiger partial charge is 0.377 e. The molecular weight excluding hydrogens is 258 g/mol. The second-order valence-electron chi connectivity index (χ2n) is 5.65. The predicted octanol–water partition coefficient (Wildman–Crippen LogP) is 0.00990. The Bertz CT molecular complexity index is 358. The minimum atomic E-state index is -0.524. The summed E-state index contributed by atoms with van der Waals surface area (Å²) in [6, 6.07) is -0.746. The van der Waals surface area contributed by atoms with Crippen LogP contribution in [0.4, 0.5) is 0 Å². The maximum Gasteiger partial charge on any atom is 0.245 e. The van der Waals surface area contributed by atoms with Crippen molar-refractivity contribution in [1.82, 2.24) is 10.2 Å². The van der Waals surface area contributed by atoms with Crippen molar-refractivity contribution >= 4 is 11.8 Å². The van der Waals surface area contributed by atoms with Crippen LogP contribution in [0.3, 0.4) is 0 Å². The molecule has 2 rings (SSSR count). The molecule has 0 bridgehead atoms. The summed E-state index contributed by atoms with van der Waals surface area (Å²) in [6.45, 7) is 3.25. The summed E-state index contributed by atoms with van der Waals surface area (Å²) in [5.74, 6) is -0.235. The first kappa shape index (κ1) is 15.3. The Morgan fingerprint density at radius 3 is 2.85 bits per heavy atom. The lowest BCUT2D eigenvalue weighted by Crippen LogP contribution is -2.59. The normalized spacial score (nSPS) is 24.3. The van der Waals surface area contributed by atoms with E-state index in [0.29, 0.717) is 19.6 Å². The summed E-state index contributed by atoms with van der Waals surface area (Å²) in [5, 5.41) is 2.94. The average molecular weight is 283 g/mol. The number of amides is 2. The average Bonchev–Trinajstić information content (AvgIpc) is 3.27. The van der Waals surface area contributed by atoms with E-state index >= 15 is 0 Å². The molecule has 1 saturated carbocycles. The second-order valence-corrected chi connectivity index (χ2v) is 5.65. The number of carbonyl (C=O) groups is 2. The molecule has 0 radical (unpaired) electrons. The van der Waals surface area contributed by atoms with Gasteiger partial charge >= 0.3 is 0 Å². The summed E-state index contributed by atoms with van der Waals surface area (Å²) in [4.78, 5) is 26.2. The molecule has 6 nitrogen and oxygen atoms in total. The third kappa shape index (κ3) is 3.93. The number of hydrogen-bond acceptors (Lipinski definition) is 4. The van der Waals surface area contributed by atoms with Gasteiger partial charge in [0.1, 0.15) is 6.04 Å². The highest BCUT2D eigenvalue weighted by Crippen LogP contribution is 2.20. The van der Waals surface area contributed by atoms with Crippen LogP contribution >= 0.6 is 0 Å². The van der Waals surface area contributed by atoms with E-state index in [0.717, 1.165) is 25.7 Å². The van der Waals surface area contributed by atoms with Gasteiger partial charge in [-0.2, -0.15) is 0 Å². The van der Waals surface area contributed by atoms with Crippen LogP contribution in [0, 0.1) is 0 Å². The van der Waals surface area contributed by atoms with E-state index in [9.17, 15) is 9.59 Å². The number of hydrogen-bond donors (Lipinski definition) is 2. The molecule has 2 atom stereocenters. The molecule has 2 amide bonds. The van der Waals surface area contributed by atoms with Crippen molar-refractivity contribution in [2.75, 3.05) is 19.8 Å². The lowest BCUT2D eigenvalue weighted by Gasteiger charge is -2.36. The van der Waals surface area contributed by atoms with Crippen molar-refractivity contribution in [2.45, 2.75) is 57.2 Å². The summed E-state index contributed by atoms with van der Waals surface area (Å²) in [6.07, 6.45) is 4.67. The molecule has 6 heteroatoms. The Labute approximate surface area is 120 Å². The van der Waals surface area contributed by atoms with Crippen molar-refractivity contribution in [1.29, 1.82) is 0 Å². The van der Waals surface area contributed by atoms with Crippen molar-refractivity contribution < 1.29 is 14.3 Å². The van der Waals surface area contributed by atoms with Gasteiger partial charge in [0, 0.05) is 12.6 Å². The number of ether oxygens (including phenoxy) is 1. The Kier molecular flexibility index (Phi) is 5.37. The first-order chi connectivity index (χ1) is 9.63. The highest BCUT2D eigenvalue weighted by atomic mass is 16.5. The summed E-state index contributed by atoms with van der Waals surface area (Å²) < 4.78 is 5.35. The van der Waals surface area contributed by atoms with Crippen LogP contribution in [0.1, 0.15) is 39.0 Å². The Hall–Kier alpha value is -1.14. The number of carbonyl (C=O) groups excluding carboxylic acids is 2. The fourth-order valence-electron chi connectivity index (χ4n) is 2.37. The molecule has 1 heterocycles. The number of rotatable bonds is 6. The van der Waals surface area contributed by atoms with Gasteiger partial charge in [-0.3, -0.25) is 9.59 Å². The Morgan fingerprint density at radius 2 is 2.20 bits per heavy atom. The van der Waals surface area contributed by atoms with Crippen LogP contribution in [0.2, 0.25) is 0 Å². The van der Waals surface area contributed by atoms with Crippen molar-refractivity contribution in [3.05, 3.63) is 0 Å². The number of unbranched alkanes of at least 4 members (excludes halogenated alkanes) is 1. The highest BCUT2D eigenvalue weighted by Gasteiger charge is 2.36. The number of nitrogens with one attached hydrogen (secondary N) is 1. The van der Waals surface area contributed by atoms with Gasteiger partial charge in [-0.15, -0.1) is 0 Å². The lowest BCUT2D eigenvalue weighted by molar-refractivity contribution is -0.149. The van der Waals surface area contributed by atoms with Crippen LogP contribution in [0.15, 0.2) is 0 Å². The molecule has 0 spiro atoms. The molecule has 20 heavy (non-hydrogen) atoms. The summed E-state index contributed by atoms with van der Waals surface area (Å²) in [5.41, 5.74) is 5.95. The van der Waals surface area contributed by atoms with E-state index < -0.39 is 12.1 Å². The minimum Gasteiger partial charge on any atom is -0.377 e. The Balaban J connectivity index is 1.94. The smallest absolute Gasteiger partial charge is 0.245 e. The van der Waals surface area contributed by atoms with E-state index in [1.165, 1.54) is 0 Å². The molecule has 3 N–H and O–H groups in total. The molecule has 2 aliphatic rings. The molecular formula is C14H25N3O3. The van der Waals surface area contributed by atoms with Crippen LogP contribution in [-0.2, 0) is 14.3 Å². The van der Waals surface area contributed by atoms with Gasteiger partial charge in [-0.1, -0.05) is 19.8 Å². The zero-order valence-corrected chi connectivity index (χ0v) is 12.1. The van der Waals surface area contributed by atoms with Crippen molar-refractivity contribution in [2.24, 2.45) is 5.73 Å². The fourth-order valence-corrected chi connectivity index (χ4v) is 2.37. The highest BCUT2D eigenvalue weighted by molar-refractivity contribution is 5.90. The van der Waals surface area contributed by atoms with Crippen molar-refractivity contribution in [3.63, 3.8) is 0 Å². The quantitative estimate of drug-likeness (QED) is 0.719. The molecule has 2 fully saturated rings. The zero-order chi connectivity index (χ0) is 14.5. The summed E-state index contributed by atoms with van der Waals surface area (Å²) in [7, 11) is 0. The van der Waals surface area contributed by atoms with E-state index in [1.54, 1.807) is 4.90 Å². The van der Waals surface area contributed by atoms with Crippen LogP contribution in [0.5, 0.6) is 0 Å². The monoisotopic (exact) mass is 283 g/mol. The van der Waals surface area contributed by atoms with Gasteiger partial charge in [-0.05, 0) is 19.3 Å². The second kappa shape index (κ2) is 7.04. The van der Waals surface area contributed by atoms with Crippen molar-refractivity contribution in [3.8, 4) is 0 Å². The Morgan fingerprint density at radius 1 is 1.45 bits per heavy atom. The van der Waals surface area contributed by atoms with Gasteiger partial charge in [0.25, 0.3) is 0 Å². The van der Waals surface area contributed by atoms with Gasteiger partial charge in [0.2, 0.25) is 11.8 Å². The lowest BCUT2D eigenvalue weighted by atomic mass is 10.1. The molecule has 2 unspecified atom stereocenters. The van der Waals surface area contributed by atoms with Crippen LogP contribution < -0.4 is 11.1 Å². The standard InChI is InChI=1S/C14H25N3O3/c1-2-3-4-11(15)14(19)17-7-8-20-9-12(17)13(18)16-10-5-6-10/h10-12H,2-9,15H2,1H3,(H,16,18).